The van der Waals surface area contributed by atoms with Crippen molar-refractivity contribution in [2.75, 3.05) is 14.2 Å². The average Bonchev–Trinajstić information content (AvgIpc) is 2.67. The molecule has 7 heteroatoms. The van der Waals surface area contributed by atoms with Gasteiger partial charge in [0.25, 0.3) is 0 Å². The van der Waals surface area contributed by atoms with E-state index in [9.17, 15) is 10.1 Å². The Morgan fingerprint density at radius 2 is 1.89 bits per heavy atom. The summed E-state index contributed by atoms with van der Waals surface area (Å²) >= 11 is 0. The van der Waals surface area contributed by atoms with Crippen molar-refractivity contribution in [2.45, 2.75) is 6.42 Å². The summed E-state index contributed by atoms with van der Waals surface area (Å²) in [7, 11) is 2.96. The molecule has 1 aromatic heterocycles. The van der Waals surface area contributed by atoms with Crippen molar-refractivity contribution in [1.29, 1.82) is 5.26 Å². The van der Waals surface area contributed by atoms with E-state index in [0.29, 0.717) is 45.0 Å². The van der Waals surface area contributed by atoms with E-state index in [0.717, 1.165) is 0 Å². The second kappa shape index (κ2) is 7.62. The third kappa shape index (κ3) is 3.75. The molecule has 27 heavy (non-hydrogen) atoms. The topological polar surface area (TPSA) is 102 Å². The van der Waals surface area contributed by atoms with Gasteiger partial charge in [-0.05, 0) is 18.2 Å². The Labute approximate surface area is 155 Å². The number of hydrogen-bond acceptors (Lipinski definition) is 6. The molecule has 0 saturated carbocycles. The second-order valence-corrected chi connectivity index (χ2v) is 5.64. The van der Waals surface area contributed by atoms with Crippen LogP contribution < -0.4 is 14.2 Å². The molecule has 0 amide bonds. The van der Waals surface area contributed by atoms with Crippen LogP contribution in [0.15, 0.2) is 42.6 Å². The number of aromatic nitrogens is 1. The maximum absolute atomic E-state index is 10.9. The van der Waals surface area contributed by atoms with Crippen LogP contribution in [0.2, 0.25) is 0 Å². The first-order valence-electron chi connectivity index (χ1n) is 7.99. The van der Waals surface area contributed by atoms with Crippen LogP contribution in [0, 0.1) is 11.3 Å². The van der Waals surface area contributed by atoms with Crippen molar-refractivity contribution < 1.29 is 24.1 Å². The van der Waals surface area contributed by atoms with E-state index in [1.54, 1.807) is 42.6 Å². The number of carboxylic acid groups (broad SMARTS) is 1. The average molecular weight is 364 g/mol. The molecule has 136 valence electrons. The van der Waals surface area contributed by atoms with Gasteiger partial charge in [0.15, 0.2) is 0 Å². The molecular weight excluding hydrogens is 348 g/mol. The SMILES string of the molecule is COc1cc2nccc(Oc3ccc(CC(=O)O)c(OC)c3)c2cc1C#N. The Balaban J connectivity index is 2.02. The summed E-state index contributed by atoms with van der Waals surface area (Å²) in [5.41, 5.74) is 1.54. The zero-order chi connectivity index (χ0) is 19.4. The molecule has 0 aliphatic carbocycles. The van der Waals surface area contributed by atoms with Gasteiger partial charge in [-0.15, -0.1) is 0 Å². The Kier molecular flexibility index (Phi) is 5.08. The molecule has 0 saturated heterocycles. The molecule has 2 aromatic carbocycles. The van der Waals surface area contributed by atoms with E-state index in [1.165, 1.54) is 14.2 Å². The lowest BCUT2D eigenvalue weighted by Gasteiger charge is -2.13. The third-order valence-corrected chi connectivity index (χ3v) is 3.97. The number of pyridine rings is 1. The molecule has 0 aliphatic heterocycles. The zero-order valence-electron chi connectivity index (χ0n) is 14.7. The highest BCUT2D eigenvalue weighted by atomic mass is 16.5. The molecule has 0 atom stereocenters. The summed E-state index contributed by atoms with van der Waals surface area (Å²) in [6, 6.07) is 12.1. The normalized spacial score (nSPS) is 10.3. The fraction of sp³-hybridized carbons (Fsp3) is 0.150. The van der Waals surface area contributed by atoms with E-state index in [4.69, 9.17) is 19.3 Å². The van der Waals surface area contributed by atoms with Crippen LogP contribution in [-0.4, -0.2) is 30.3 Å². The van der Waals surface area contributed by atoms with Crippen molar-refractivity contribution in [3.8, 4) is 29.1 Å². The molecule has 0 fully saturated rings. The predicted molar refractivity (Wildman–Crippen MR) is 97.4 cm³/mol. The minimum Gasteiger partial charge on any atom is -0.496 e. The minimum absolute atomic E-state index is 0.146. The van der Waals surface area contributed by atoms with Gasteiger partial charge in [-0.3, -0.25) is 9.78 Å². The number of ether oxygens (including phenoxy) is 3. The van der Waals surface area contributed by atoms with Gasteiger partial charge in [0.05, 0.1) is 31.7 Å². The molecule has 7 nitrogen and oxygen atoms in total. The number of methoxy groups -OCH3 is 2. The fourth-order valence-corrected chi connectivity index (χ4v) is 2.72. The molecule has 1 heterocycles. The van der Waals surface area contributed by atoms with Gasteiger partial charge in [0.1, 0.15) is 29.1 Å². The van der Waals surface area contributed by atoms with E-state index in [2.05, 4.69) is 11.1 Å². The Morgan fingerprint density at radius 3 is 2.56 bits per heavy atom. The van der Waals surface area contributed by atoms with Crippen LogP contribution in [0.5, 0.6) is 23.0 Å². The molecule has 0 aliphatic rings. The first-order valence-corrected chi connectivity index (χ1v) is 7.99. The summed E-state index contributed by atoms with van der Waals surface area (Å²) in [4.78, 5) is 15.2. The Morgan fingerprint density at radius 1 is 1.11 bits per heavy atom. The number of rotatable bonds is 6. The quantitative estimate of drug-likeness (QED) is 0.713. The maximum atomic E-state index is 10.9. The first kappa shape index (κ1) is 18.0. The third-order valence-electron chi connectivity index (χ3n) is 3.97. The van der Waals surface area contributed by atoms with E-state index >= 15 is 0 Å². The summed E-state index contributed by atoms with van der Waals surface area (Å²) < 4.78 is 16.4. The minimum atomic E-state index is -0.944. The number of nitrogens with zero attached hydrogens (tertiary/aromatic N) is 2. The smallest absolute Gasteiger partial charge is 0.307 e. The lowest BCUT2D eigenvalue weighted by Crippen LogP contribution is -2.02. The number of fused-ring (bicyclic) bond motifs is 1. The Bertz CT molecular complexity index is 1060. The van der Waals surface area contributed by atoms with Crippen molar-refractivity contribution in [3.63, 3.8) is 0 Å². The monoisotopic (exact) mass is 364 g/mol. The molecule has 0 radical (unpaired) electrons. The van der Waals surface area contributed by atoms with E-state index in [1.807, 2.05) is 0 Å². The van der Waals surface area contributed by atoms with Gasteiger partial charge in [0, 0.05) is 29.3 Å². The number of carbonyl (C=O) groups is 1. The second-order valence-electron chi connectivity index (χ2n) is 5.64. The molecule has 0 bridgehead atoms. The fourth-order valence-electron chi connectivity index (χ4n) is 2.72. The van der Waals surface area contributed by atoms with Crippen LogP contribution in [0.25, 0.3) is 10.9 Å². The first-order chi connectivity index (χ1) is 13.0. The Hall–Kier alpha value is -3.79. The van der Waals surface area contributed by atoms with Crippen LogP contribution in [-0.2, 0) is 11.2 Å². The number of benzene rings is 2. The lowest BCUT2D eigenvalue weighted by molar-refractivity contribution is -0.136. The van der Waals surface area contributed by atoms with Gasteiger partial charge in [-0.1, -0.05) is 6.07 Å². The van der Waals surface area contributed by atoms with Crippen molar-refractivity contribution >= 4 is 16.9 Å². The van der Waals surface area contributed by atoms with Crippen LogP contribution in [0.3, 0.4) is 0 Å². The molecule has 0 unspecified atom stereocenters. The van der Waals surface area contributed by atoms with E-state index in [-0.39, 0.29) is 6.42 Å². The highest BCUT2D eigenvalue weighted by Gasteiger charge is 2.13. The number of aliphatic carboxylic acids is 1. The highest BCUT2D eigenvalue weighted by Crippen LogP contribution is 2.34. The standard InChI is InChI=1S/C20H16N2O5/c1-25-18-9-14(4-3-12(18)8-20(23)24)27-17-5-6-22-16-10-19(26-2)13(11-21)7-15(16)17/h3-7,9-10H,8H2,1-2H3,(H,23,24). The largest absolute Gasteiger partial charge is 0.496 e. The van der Waals surface area contributed by atoms with Gasteiger partial charge in [-0.25, -0.2) is 0 Å². The van der Waals surface area contributed by atoms with E-state index < -0.39 is 5.97 Å². The number of carboxylic acids is 1. The summed E-state index contributed by atoms with van der Waals surface area (Å²) in [6.45, 7) is 0. The highest BCUT2D eigenvalue weighted by molar-refractivity contribution is 5.88. The summed E-state index contributed by atoms with van der Waals surface area (Å²) in [6.07, 6.45) is 1.45. The van der Waals surface area contributed by atoms with Crippen LogP contribution in [0.4, 0.5) is 0 Å². The van der Waals surface area contributed by atoms with Gasteiger partial charge >= 0.3 is 5.97 Å². The maximum Gasteiger partial charge on any atom is 0.307 e. The van der Waals surface area contributed by atoms with Gasteiger partial charge in [0.2, 0.25) is 0 Å². The summed E-state index contributed by atoms with van der Waals surface area (Å²) in [5.74, 6) is 0.900. The molecule has 1 N–H and O–H groups in total. The molecule has 3 aromatic rings. The zero-order valence-corrected chi connectivity index (χ0v) is 14.7. The summed E-state index contributed by atoms with van der Waals surface area (Å²) in [5, 5.41) is 18.9. The lowest BCUT2D eigenvalue weighted by atomic mass is 10.1. The van der Waals surface area contributed by atoms with Crippen LogP contribution >= 0.6 is 0 Å². The van der Waals surface area contributed by atoms with Gasteiger partial charge < -0.3 is 19.3 Å². The van der Waals surface area contributed by atoms with Gasteiger partial charge in [-0.2, -0.15) is 5.26 Å². The van der Waals surface area contributed by atoms with Crippen molar-refractivity contribution in [2.24, 2.45) is 0 Å². The molecule has 0 spiro atoms. The van der Waals surface area contributed by atoms with Crippen LogP contribution in [0.1, 0.15) is 11.1 Å². The molecular formula is C20H16N2O5. The predicted octanol–water partition coefficient (Wildman–Crippen LogP) is 3.54. The van der Waals surface area contributed by atoms with Crippen molar-refractivity contribution in [3.05, 3.63) is 53.7 Å². The molecule has 3 rings (SSSR count). The number of nitriles is 1. The number of hydrogen-bond donors (Lipinski definition) is 1. The van der Waals surface area contributed by atoms with Crippen molar-refractivity contribution in [1.82, 2.24) is 4.98 Å².